The van der Waals surface area contributed by atoms with E-state index in [1.165, 1.54) is 7.05 Å². The number of nitrogens with one attached hydrogen (secondary N) is 1. The van der Waals surface area contributed by atoms with Crippen molar-refractivity contribution in [2.24, 2.45) is 0 Å². The summed E-state index contributed by atoms with van der Waals surface area (Å²) in [6, 6.07) is 0. The molecule has 1 rings (SSSR count). The molecule has 112 valence electrons. The summed E-state index contributed by atoms with van der Waals surface area (Å²) in [4.78, 5) is 11.2. The fourth-order valence-corrected chi connectivity index (χ4v) is 1.87. The maximum Gasteiger partial charge on any atom is 0.314 e. The summed E-state index contributed by atoms with van der Waals surface area (Å²) >= 11 is 0. The highest BCUT2D eigenvalue weighted by molar-refractivity contribution is 5.46. The number of hydrogen-bond donors (Lipinski definition) is 4. The zero-order valence-corrected chi connectivity index (χ0v) is 10.4. The van der Waals surface area contributed by atoms with Crippen molar-refractivity contribution in [1.82, 2.24) is 10.2 Å². The molecule has 1 saturated heterocycles. The smallest absolute Gasteiger partial charge is 0.314 e. The summed E-state index contributed by atoms with van der Waals surface area (Å²) in [5, 5.41) is 29.5. The first-order valence-electron chi connectivity index (χ1n) is 5.74. The summed E-state index contributed by atoms with van der Waals surface area (Å²) in [5.41, 5.74) is 0. The van der Waals surface area contributed by atoms with E-state index in [4.69, 9.17) is 9.84 Å². The maximum absolute atomic E-state index is 13.7. The number of ether oxygens (including phenoxy) is 1. The molecule has 0 saturated carbocycles. The van der Waals surface area contributed by atoms with Crippen LogP contribution in [0.2, 0.25) is 0 Å². The van der Waals surface area contributed by atoms with Crippen LogP contribution in [-0.4, -0.2) is 77.4 Å². The molecule has 9 heteroatoms. The number of halogens is 2. The van der Waals surface area contributed by atoms with E-state index in [1.807, 2.05) is 0 Å². The molecular weight excluding hydrogens is 266 g/mol. The van der Waals surface area contributed by atoms with Gasteiger partial charge >= 0.3 is 5.92 Å². The quantitative estimate of drug-likeness (QED) is 0.321. The minimum Gasteiger partial charge on any atom is -0.394 e. The Morgan fingerprint density at radius 2 is 2.21 bits per heavy atom. The predicted molar refractivity (Wildman–Crippen MR) is 59.2 cm³/mol. The Morgan fingerprint density at radius 1 is 1.58 bits per heavy atom. The van der Waals surface area contributed by atoms with Crippen molar-refractivity contribution < 1.29 is 33.6 Å². The Labute approximate surface area is 108 Å². The lowest BCUT2D eigenvalue weighted by Gasteiger charge is -2.29. The first kappa shape index (κ1) is 16.2. The second-order valence-corrected chi connectivity index (χ2v) is 4.40. The fourth-order valence-electron chi connectivity index (χ4n) is 1.87. The normalized spacial score (nSPS) is 31.4. The highest BCUT2D eigenvalue weighted by atomic mass is 19.3. The molecule has 1 aliphatic rings. The molecule has 1 aliphatic heterocycles. The standard InChI is InChI=1S/C10H18F2N2O5/c1-14(3-2-7(17)13-5-16)9-10(11,12)8(18)6(4-15)19-9/h5-9,15,17-18H,2-4H2,1H3,(H,13,16)/t6?,7-,8-,9-/m1/s1. The fraction of sp³-hybridized carbons (Fsp3) is 0.900. The summed E-state index contributed by atoms with van der Waals surface area (Å²) in [7, 11) is 1.33. The number of nitrogens with zero attached hydrogens (tertiary/aromatic N) is 1. The van der Waals surface area contributed by atoms with Crippen LogP contribution in [0.25, 0.3) is 0 Å². The van der Waals surface area contributed by atoms with E-state index >= 15 is 0 Å². The lowest BCUT2D eigenvalue weighted by Crippen LogP contribution is -2.48. The highest BCUT2D eigenvalue weighted by Crippen LogP contribution is 2.37. The number of amides is 1. The van der Waals surface area contributed by atoms with Crippen molar-refractivity contribution in [1.29, 1.82) is 0 Å². The molecule has 1 fully saturated rings. The molecule has 1 heterocycles. The molecule has 1 unspecified atom stereocenters. The molecular formula is C10H18F2N2O5. The van der Waals surface area contributed by atoms with Crippen molar-refractivity contribution in [2.45, 2.75) is 37.0 Å². The molecule has 19 heavy (non-hydrogen) atoms. The van der Waals surface area contributed by atoms with Gasteiger partial charge in [0.15, 0.2) is 6.23 Å². The van der Waals surface area contributed by atoms with Crippen molar-refractivity contribution >= 4 is 6.41 Å². The third-order valence-electron chi connectivity index (χ3n) is 2.98. The number of aliphatic hydroxyl groups excluding tert-OH is 3. The number of carbonyl (C=O) groups excluding carboxylic acids is 1. The zero-order chi connectivity index (χ0) is 14.6. The summed E-state index contributed by atoms with van der Waals surface area (Å²) in [6.07, 6.45) is -5.94. The lowest BCUT2D eigenvalue weighted by atomic mass is 10.1. The van der Waals surface area contributed by atoms with Gasteiger partial charge in [-0.25, -0.2) is 0 Å². The van der Waals surface area contributed by atoms with Gasteiger partial charge in [0.1, 0.15) is 18.4 Å². The van der Waals surface area contributed by atoms with Gasteiger partial charge in [0.25, 0.3) is 0 Å². The van der Waals surface area contributed by atoms with Crippen LogP contribution >= 0.6 is 0 Å². The van der Waals surface area contributed by atoms with Gasteiger partial charge in [0.05, 0.1) is 6.61 Å². The molecule has 0 spiro atoms. The van der Waals surface area contributed by atoms with E-state index in [0.29, 0.717) is 6.41 Å². The maximum atomic E-state index is 13.7. The second kappa shape index (κ2) is 6.53. The van der Waals surface area contributed by atoms with E-state index < -0.39 is 37.2 Å². The van der Waals surface area contributed by atoms with Crippen molar-refractivity contribution in [3.8, 4) is 0 Å². The second-order valence-electron chi connectivity index (χ2n) is 4.40. The van der Waals surface area contributed by atoms with E-state index in [2.05, 4.69) is 5.32 Å². The van der Waals surface area contributed by atoms with Crippen LogP contribution in [0, 0.1) is 0 Å². The lowest BCUT2D eigenvalue weighted by molar-refractivity contribution is -0.163. The van der Waals surface area contributed by atoms with E-state index in [-0.39, 0.29) is 13.0 Å². The Balaban J connectivity index is 2.56. The van der Waals surface area contributed by atoms with Gasteiger partial charge in [-0.05, 0) is 7.05 Å². The van der Waals surface area contributed by atoms with Crippen molar-refractivity contribution in [2.75, 3.05) is 20.2 Å². The minimum atomic E-state index is -3.52. The van der Waals surface area contributed by atoms with E-state index in [1.54, 1.807) is 0 Å². The van der Waals surface area contributed by atoms with Gasteiger partial charge in [-0.15, -0.1) is 0 Å². The molecule has 0 aromatic heterocycles. The molecule has 1 amide bonds. The minimum absolute atomic E-state index is 0.00708. The first-order chi connectivity index (χ1) is 8.84. The average Bonchev–Trinajstić information content (AvgIpc) is 2.58. The van der Waals surface area contributed by atoms with Crippen LogP contribution in [0.5, 0.6) is 0 Å². The molecule has 0 aromatic rings. The van der Waals surface area contributed by atoms with Gasteiger partial charge < -0.3 is 25.4 Å². The number of hydrogen-bond acceptors (Lipinski definition) is 6. The van der Waals surface area contributed by atoms with Gasteiger partial charge in [0.2, 0.25) is 6.41 Å². The average molecular weight is 284 g/mol. The molecule has 7 nitrogen and oxygen atoms in total. The highest BCUT2D eigenvalue weighted by Gasteiger charge is 2.59. The Hall–Kier alpha value is -0.870. The number of carbonyl (C=O) groups is 1. The third kappa shape index (κ3) is 3.57. The molecule has 0 aliphatic carbocycles. The van der Waals surface area contributed by atoms with Gasteiger partial charge in [0, 0.05) is 13.0 Å². The topological polar surface area (TPSA) is 102 Å². The Kier molecular flexibility index (Phi) is 5.56. The van der Waals surface area contributed by atoms with Crippen LogP contribution in [0.15, 0.2) is 0 Å². The van der Waals surface area contributed by atoms with E-state index in [0.717, 1.165) is 4.90 Å². The largest absolute Gasteiger partial charge is 0.394 e. The zero-order valence-electron chi connectivity index (χ0n) is 10.4. The summed E-state index contributed by atoms with van der Waals surface area (Å²) in [5.74, 6) is -3.52. The van der Waals surface area contributed by atoms with Gasteiger partial charge in [-0.2, -0.15) is 8.78 Å². The molecule has 4 atom stereocenters. The van der Waals surface area contributed by atoms with Gasteiger partial charge in [-0.3, -0.25) is 9.69 Å². The van der Waals surface area contributed by atoms with Crippen LogP contribution in [0.4, 0.5) is 8.78 Å². The Morgan fingerprint density at radius 3 is 2.68 bits per heavy atom. The van der Waals surface area contributed by atoms with Crippen LogP contribution in [-0.2, 0) is 9.53 Å². The summed E-state index contributed by atoms with van der Waals surface area (Å²) < 4.78 is 32.3. The number of rotatable bonds is 7. The number of alkyl halides is 2. The van der Waals surface area contributed by atoms with Crippen LogP contribution < -0.4 is 5.32 Å². The first-order valence-corrected chi connectivity index (χ1v) is 5.74. The molecule has 0 bridgehead atoms. The number of aliphatic hydroxyl groups is 3. The molecule has 4 N–H and O–H groups in total. The SMILES string of the molecule is CN(CC[C@@H](O)NC=O)[C@@H]1OC(CO)[C@@H](O)C1(F)F. The monoisotopic (exact) mass is 284 g/mol. The van der Waals surface area contributed by atoms with Crippen LogP contribution in [0.1, 0.15) is 6.42 Å². The third-order valence-corrected chi connectivity index (χ3v) is 2.98. The summed E-state index contributed by atoms with van der Waals surface area (Å²) in [6.45, 7) is -0.705. The van der Waals surface area contributed by atoms with E-state index in [9.17, 15) is 23.8 Å². The predicted octanol–water partition coefficient (Wildman–Crippen LogP) is -1.91. The van der Waals surface area contributed by atoms with Gasteiger partial charge in [-0.1, -0.05) is 0 Å². The molecule has 0 aromatic carbocycles. The van der Waals surface area contributed by atoms with Crippen molar-refractivity contribution in [3.63, 3.8) is 0 Å². The van der Waals surface area contributed by atoms with Crippen molar-refractivity contribution in [3.05, 3.63) is 0 Å². The van der Waals surface area contributed by atoms with Crippen LogP contribution in [0.3, 0.4) is 0 Å². The molecule has 0 radical (unpaired) electrons. The Bertz CT molecular complexity index is 308.